The number of pyridine rings is 1. The summed E-state index contributed by atoms with van der Waals surface area (Å²) in [6.45, 7) is 1.47. The lowest BCUT2D eigenvalue weighted by atomic mass is 9.74. The number of benzene rings is 2. The average molecular weight is 388 g/mol. The van der Waals surface area contributed by atoms with Crippen LogP contribution < -0.4 is 10.9 Å². The maximum atomic E-state index is 13.0. The number of carbonyl (C=O) groups is 1. The highest BCUT2D eigenvalue weighted by molar-refractivity contribution is 5.84. The fourth-order valence-corrected chi connectivity index (χ4v) is 5.01. The van der Waals surface area contributed by atoms with E-state index in [1.807, 2.05) is 30.3 Å². The molecule has 1 aliphatic carbocycles. The lowest BCUT2D eigenvalue weighted by molar-refractivity contribution is -0.123. The molecule has 5 nitrogen and oxygen atoms in total. The molecule has 3 aromatic rings. The second-order valence-corrected chi connectivity index (χ2v) is 8.24. The van der Waals surface area contributed by atoms with Gasteiger partial charge in [-0.25, -0.2) is 0 Å². The zero-order valence-corrected chi connectivity index (χ0v) is 16.2. The van der Waals surface area contributed by atoms with Crippen molar-refractivity contribution in [3.05, 3.63) is 81.8 Å². The predicted octanol–water partition coefficient (Wildman–Crippen LogP) is 3.28. The van der Waals surface area contributed by atoms with Crippen LogP contribution in [0.25, 0.3) is 10.8 Å². The number of rotatable bonds is 3. The summed E-state index contributed by atoms with van der Waals surface area (Å²) < 4.78 is 5.61. The highest BCUT2D eigenvalue weighted by Crippen LogP contribution is 2.51. The number of hydrogen-bond donors (Lipinski definition) is 2. The quantitative estimate of drug-likeness (QED) is 0.723. The van der Waals surface area contributed by atoms with Gasteiger partial charge in [-0.05, 0) is 47.9 Å². The first-order valence-corrected chi connectivity index (χ1v) is 10.2. The normalized spacial score (nSPS) is 19.9. The summed E-state index contributed by atoms with van der Waals surface area (Å²) in [5.41, 5.74) is 3.04. The van der Waals surface area contributed by atoms with Gasteiger partial charge in [0.1, 0.15) is 0 Å². The molecular weight excluding hydrogens is 364 g/mol. The van der Waals surface area contributed by atoms with Crippen LogP contribution in [-0.4, -0.2) is 24.1 Å². The van der Waals surface area contributed by atoms with Gasteiger partial charge in [-0.1, -0.05) is 42.5 Å². The van der Waals surface area contributed by atoms with E-state index in [0.29, 0.717) is 11.1 Å². The summed E-state index contributed by atoms with van der Waals surface area (Å²) in [4.78, 5) is 28.2. The number of amides is 1. The van der Waals surface area contributed by atoms with Crippen molar-refractivity contribution in [2.75, 3.05) is 13.2 Å². The van der Waals surface area contributed by atoms with E-state index in [4.69, 9.17) is 4.74 Å². The van der Waals surface area contributed by atoms with Crippen LogP contribution in [0.15, 0.2) is 59.4 Å². The van der Waals surface area contributed by atoms with Crippen LogP contribution in [-0.2, 0) is 22.4 Å². The van der Waals surface area contributed by atoms with Gasteiger partial charge < -0.3 is 15.0 Å². The molecule has 0 radical (unpaired) electrons. The van der Waals surface area contributed by atoms with Crippen molar-refractivity contribution in [1.82, 2.24) is 10.3 Å². The molecule has 1 atom stereocenters. The van der Waals surface area contributed by atoms with Crippen LogP contribution in [0.3, 0.4) is 0 Å². The molecule has 5 rings (SSSR count). The Bertz CT molecular complexity index is 1130. The van der Waals surface area contributed by atoms with Crippen LogP contribution in [0, 0.1) is 5.41 Å². The molecule has 2 aromatic carbocycles. The third-order valence-electron chi connectivity index (χ3n) is 6.48. The van der Waals surface area contributed by atoms with Gasteiger partial charge in [0, 0.05) is 29.7 Å². The van der Waals surface area contributed by atoms with Crippen molar-refractivity contribution in [3.8, 4) is 0 Å². The molecule has 2 N–H and O–H groups in total. The van der Waals surface area contributed by atoms with Gasteiger partial charge in [0.15, 0.2) is 0 Å². The molecule has 5 heteroatoms. The summed E-state index contributed by atoms with van der Waals surface area (Å²) in [5.74, 6) is -0.0662. The minimum Gasteiger partial charge on any atom is -0.381 e. The summed E-state index contributed by atoms with van der Waals surface area (Å²) in [7, 11) is 0. The second kappa shape index (κ2) is 7.16. The van der Waals surface area contributed by atoms with E-state index in [2.05, 4.69) is 28.5 Å². The van der Waals surface area contributed by atoms with E-state index >= 15 is 0 Å². The Morgan fingerprint density at radius 3 is 2.72 bits per heavy atom. The molecule has 2 heterocycles. The van der Waals surface area contributed by atoms with Crippen molar-refractivity contribution in [1.29, 1.82) is 0 Å². The van der Waals surface area contributed by atoms with Gasteiger partial charge in [0.2, 0.25) is 5.91 Å². The molecule has 0 unspecified atom stereocenters. The van der Waals surface area contributed by atoms with Crippen molar-refractivity contribution >= 4 is 16.7 Å². The highest BCUT2D eigenvalue weighted by atomic mass is 16.5. The van der Waals surface area contributed by atoms with E-state index in [0.717, 1.165) is 37.9 Å². The minimum absolute atomic E-state index is 0.0118. The average Bonchev–Trinajstić information content (AvgIpc) is 3.01. The van der Waals surface area contributed by atoms with Crippen LogP contribution in [0.2, 0.25) is 0 Å². The number of fused-ring (bicyclic) bond motifs is 2. The number of aromatic amines is 1. The molecular formula is C24H24N2O3. The van der Waals surface area contributed by atoms with E-state index < -0.39 is 0 Å². The first-order valence-electron chi connectivity index (χ1n) is 10.2. The van der Waals surface area contributed by atoms with Gasteiger partial charge in [0.25, 0.3) is 5.56 Å². The van der Waals surface area contributed by atoms with E-state index in [1.165, 1.54) is 11.1 Å². The van der Waals surface area contributed by atoms with Gasteiger partial charge in [0.05, 0.1) is 12.5 Å². The van der Waals surface area contributed by atoms with Crippen LogP contribution in [0.5, 0.6) is 0 Å². The standard InChI is InChI=1S/C24H24N2O3/c27-21(14-18-13-16-5-1-4-8-20(16)23(28)25-18)26-22-19-7-3-2-6-17(19)15-24(22)9-11-29-12-10-24/h1-8,13,22H,9-12,14-15H2,(H,25,28)(H,26,27)/t22-/m1/s1. The molecule has 1 spiro atoms. The fourth-order valence-electron chi connectivity index (χ4n) is 5.01. The Kier molecular flexibility index (Phi) is 4.47. The number of aromatic nitrogens is 1. The summed E-state index contributed by atoms with van der Waals surface area (Å²) >= 11 is 0. The van der Waals surface area contributed by atoms with E-state index in [-0.39, 0.29) is 29.3 Å². The molecule has 0 bridgehead atoms. The van der Waals surface area contributed by atoms with Crippen molar-refractivity contribution in [3.63, 3.8) is 0 Å². The molecule has 29 heavy (non-hydrogen) atoms. The number of nitrogens with one attached hydrogen (secondary N) is 2. The number of hydrogen-bond acceptors (Lipinski definition) is 3. The van der Waals surface area contributed by atoms with Gasteiger partial charge in [-0.15, -0.1) is 0 Å². The summed E-state index contributed by atoms with van der Waals surface area (Å²) in [6, 6.07) is 17.7. The number of carbonyl (C=O) groups excluding carboxylic acids is 1. The molecule has 1 aliphatic heterocycles. The SMILES string of the molecule is O=C(Cc1cc2ccccc2c(=O)[nH]1)N[C@@H]1c2ccccc2CC12CCOCC2. The smallest absolute Gasteiger partial charge is 0.256 e. The van der Waals surface area contributed by atoms with Crippen LogP contribution in [0.1, 0.15) is 35.7 Å². The molecule has 1 saturated heterocycles. The minimum atomic E-state index is -0.155. The third-order valence-corrected chi connectivity index (χ3v) is 6.48. The maximum absolute atomic E-state index is 13.0. The van der Waals surface area contributed by atoms with Crippen molar-refractivity contribution in [2.24, 2.45) is 5.41 Å². The number of H-pyrrole nitrogens is 1. The monoisotopic (exact) mass is 388 g/mol. The Morgan fingerprint density at radius 1 is 1.10 bits per heavy atom. The molecule has 1 amide bonds. The summed E-state index contributed by atoms with van der Waals surface area (Å²) in [6.07, 6.45) is 3.02. The molecule has 1 fully saturated rings. The zero-order chi connectivity index (χ0) is 19.8. The lowest BCUT2D eigenvalue weighted by Crippen LogP contribution is -2.42. The van der Waals surface area contributed by atoms with E-state index in [9.17, 15) is 9.59 Å². The molecule has 148 valence electrons. The fraction of sp³-hybridized carbons (Fsp3) is 0.333. The van der Waals surface area contributed by atoms with E-state index in [1.54, 1.807) is 6.07 Å². The first-order chi connectivity index (χ1) is 14.1. The Hall–Kier alpha value is -2.92. The summed E-state index contributed by atoms with van der Waals surface area (Å²) in [5, 5.41) is 4.79. The number of ether oxygens (including phenoxy) is 1. The van der Waals surface area contributed by atoms with Crippen molar-refractivity contribution in [2.45, 2.75) is 31.7 Å². The van der Waals surface area contributed by atoms with Crippen LogP contribution in [0.4, 0.5) is 0 Å². The zero-order valence-electron chi connectivity index (χ0n) is 16.2. The maximum Gasteiger partial charge on any atom is 0.256 e. The Labute approximate surface area is 169 Å². The van der Waals surface area contributed by atoms with Gasteiger partial charge in [-0.3, -0.25) is 9.59 Å². The Morgan fingerprint density at radius 2 is 1.86 bits per heavy atom. The Balaban J connectivity index is 1.41. The topological polar surface area (TPSA) is 71.2 Å². The van der Waals surface area contributed by atoms with Gasteiger partial charge in [-0.2, -0.15) is 0 Å². The highest BCUT2D eigenvalue weighted by Gasteiger charge is 2.47. The van der Waals surface area contributed by atoms with Gasteiger partial charge >= 0.3 is 0 Å². The van der Waals surface area contributed by atoms with Crippen molar-refractivity contribution < 1.29 is 9.53 Å². The predicted molar refractivity (Wildman–Crippen MR) is 112 cm³/mol. The second-order valence-electron chi connectivity index (χ2n) is 8.24. The third kappa shape index (κ3) is 3.25. The molecule has 1 aromatic heterocycles. The first kappa shape index (κ1) is 18.1. The molecule has 2 aliphatic rings. The largest absolute Gasteiger partial charge is 0.381 e. The molecule has 0 saturated carbocycles. The van der Waals surface area contributed by atoms with Crippen LogP contribution >= 0.6 is 0 Å². The lowest BCUT2D eigenvalue weighted by Gasteiger charge is -2.39.